The number of methoxy groups -OCH3 is 5. The molecule has 28 heavy (non-hydrogen) atoms. The standard InChI is InChI=1S/C19H20N2O6S/c1-23-11-8-12(24-2)16-15(9-11)28-19(20-16)21-18(22)10-6-13(25-3)17(27-5)14(7-10)26-4/h6-9H,1-5H3,(H,20,21,22). The van der Waals surface area contributed by atoms with Gasteiger partial charge in [-0.25, -0.2) is 4.98 Å². The van der Waals surface area contributed by atoms with Crippen LogP contribution in [0.2, 0.25) is 0 Å². The van der Waals surface area contributed by atoms with E-state index in [1.807, 2.05) is 6.07 Å². The van der Waals surface area contributed by atoms with E-state index in [-0.39, 0.29) is 5.91 Å². The topological polar surface area (TPSA) is 88.1 Å². The molecule has 0 aliphatic rings. The Morgan fingerprint density at radius 1 is 0.857 bits per heavy atom. The number of fused-ring (bicyclic) bond motifs is 1. The van der Waals surface area contributed by atoms with Gasteiger partial charge in [-0.15, -0.1) is 0 Å². The summed E-state index contributed by atoms with van der Waals surface area (Å²) in [6.07, 6.45) is 0. The predicted molar refractivity (Wildman–Crippen MR) is 107 cm³/mol. The van der Waals surface area contributed by atoms with Crippen LogP contribution in [0, 0.1) is 0 Å². The van der Waals surface area contributed by atoms with Crippen LogP contribution >= 0.6 is 11.3 Å². The van der Waals surface area contributed by atoms with E-state index >= 15 is 0 Å². The van der Waals surface area contributed by atoms with Gasteiger partial charge in [0, 0.05) is 11.6 Å². The number of thiazole rings is 1. The van der Waals surface area contributed by atoms with E-state index in [0.717, 1.165) is 4.70 Å². The largest absolute Gasteiger partial charge is 0.497 e. The molecule has 0 aliphatic heterocycles. The molecule has 0 bridgehead atoms. The quantitative estimate of drug-likeness (QED) is 0.644. The molecule has 3 rings (SSSR count). The van der Waals surface area contributed by atoms with Gasteiger partial charge in [-0.3, -0.25) is 10.1 Å². The fraction of sp³-hybridized carbons (Fsp3) is 0.263. The highest BCUT2D eigenvalue weighted by molar-refractivity contribution is 7.22. The lowest BCUT2D eigenvalue weighted by molar-refractivity contribution is 0.102. The Hall–Kier alpha value is -3.20. The summed E-state index contributed by atoms with van der Waals surface area (Å²) in [5.41, 5.74) is 0.992. The second kappa shape index (κ2) is 8.22. The molecule has 9 heteroatoms. The number of carbonyl (C=O) groups excluding carboxylic acids is 1. The van der Waals surface area contributed by atoms with E-state index in [4.69, 9.17) is 23.7 Å². The van der Waals surface area contributed by atoms with Gasteiger partial charge in [-0.2, -0.15) is 0 Å². The summed E-state index contributed by atoms with van der Waals surface area (Å²) < 4.78 is 27.3. The summed E-state index contributed by atoms with van der Waals surface area (Å²) in [4.78, 5) is 17.2. The van der Waals surface area contributed by atoms with Crippen LogP contribution in [-0.4, -0.2) is 46.4 Å². The molecule has 1 N–H and O–H groups in total. The van der Waals surface area contributed by atoms with Crippen molar-refractivity contribution in [3.63, 3.8) is 0 Å². The van der Waals surface area contributed by atoms with Crippen molar-refractivity contribution in [2.45, 2.75) is 0 Å². The number of benzene rings is 2. The maximum atomic E-state index is 12.8. The Kier molecular flexibility index (Phi) is 5.74. The summed E-state index contributed by atoms with van der Waals surface area (Å²) >= 11 is 1.32. The van der Waals surface area contributed by atoms with Gasteiger partial charge in [0.15, 0.2) is 16.6 Å². The Balaban J connectivity index is 1.95. The summed E-state index contributed by atoms with van der Waals surface area (Å²) in [5.74, 6) is 2.06. The highest BCUT2D eigenvalue weighted by Gasteiger charge is 2.19. The third kappa shape index (κ3) is 3.61. The molecule has 8 nitrogen and oxygen atoms in total. The molecule has 0 spiro atoms. The average molecular weight is 404 g/mol. The van der Waals surface area contributed by atoms with Crippen LogP contribution in [0.4, 0.5) is 5.13 Å². The van der Waals surface area contributed by atoms with Crippen molar-refractivity contribution in [1.29, 1.82) is 0 Å². The smallest absolute Gasteiger partial charge is 0.257 e. The maximum absolute atomic E-state index is 12.8. The predicted octanol–water partition coefficient (Wildman–Crippen LogP) is 3.59. The molecule has 0 saturated carbocycles. The number of aromatic nitrogens is 1. The minimum atomic E-state index is -0.357. The van der Waals surface area contributed by atoms with Crippen molar-refractivity contribution in [1.82, 2.24) is 4.98 Å². The van der Waals surface area contributed by atoms with Crippen LogP contribution in [0.25, 0.3) is 10.2 Å². The zero-order valence-corrected chi connectivity index (χ0v) is 16.9. The van der Waals surface area contributed by atoms with Gasteiger partial charge in [0.05, 0.1) is 40.2 Å². The molecule has 1 heterocycles. The fourth-order valence-electron chi connectivity index (χ4n) is 2.68. The van der Waals surface area contributed by atoms with E-state index in [2.05, 4.69) is 10.3 Å². The summed E-state index contributed by atoms with van der Waals surface area (Å²) in [7, 11) is 7.62. The average Bonchev–Trinajstić information content (AvgIpc) is 3.13. The second-order valence-corrected chi connectivity index (χ2v) is 6.59. The summed E-state index contributed by atoms with van der Waals surface area (Å²) in [6, 6.07) is 6.73. The molecule has 3 aromatic rings. The number of anilines is 1. The molecule has 1 aromatic heterocycles. The molecule has 0 radical (unpaired) electrons. The first-order chi connectivity index (χ1) is 13.5. The SMILES string of the molecule is COc1cc(OC)c2nc(NC(=O)c3cc(OC)c(OC)c(OC)c3)sc2c1. The first kappa shape index (κ1) is 19.6. The molecule has 148 valence electrons. The van der Waals surface area contributed by atoms with Crippen LogP contribution in [0.15, 0.2) is 24.3 Å². The Bertz CT molecular complexity index is 992. The minimum Gasteiger partial charge on any atom is -0.497 e. The normalized spacial score (nSPS) is 10.5. The van der Waals surface area contributed by atoms with Crippen LogP contribution in [0.5, 0.6) is 28.7 Å². The van der Waals surface area contributed by atoms with E-state index in [0.29, 0.717) is 45.0 Å². The van der Waals surface area contributed by atoms with Gasteiger partial charge in [0.2, 0.25) is 5.75 Å². The van der Waals surface area contributed by atoms with Gasteiger partial charge in [0.1, 0.15) is 17.0 Å². The Morgan fingerprint density at radius 3 is 2.04 bits per heavy atom. The molecule has 0 unspecified atom stereocenters. The number of nitrogens with zero attached hydrogens (tertiary/aromatic N) is 1. The van der Waals surface area contributed by atoms with Crippen LogP contribution < -0.4 is 29.0 Å². The van der Waals surface area contributed by atoms with Gasteiger partial charge >= 0.3 is 0 Å². The lowest BCUT2D eigenvalue weighted by Crippen LogP contribution is -2.12. The lowest BCUT2D eigenvalue weighted by Gasteiger charge is -2.13. The molecule has 0 saturated heterocycles. The van der Waals surface area contributed by atoms with Crippen molar-refractivity contribution in [3.8, 4) is 28.7 Å². The van der Waals surface area contributed by atoms with Crippen LogP contribution in [0.1, 0.15) is 10.4 Å². The van der Waals surface area contributed by atoms with Crippen LogP contribution in [0.3, 0.4) is 0 Å². The van der Waals surface area contributed by atoms with Crippen LogP contribution in [-0.2, 0) is 0 Å². The number of nitrogens with one attached hydrogen (secondary N) is 1. The molecule has 0 aliphatic carbocycles. The molecule has 1 amide bonds. The van der Waals surface area contributed by atoms with Gasteiger partial charge in [-0.1, -0.05) is 11.3 Å². The first-order valence-electron chi connectivity index (χ1n) is 8.18. The fourth-order valence-corrected chi connectivity index (χ4v) is 3.59. The van der Waals surface area contributed by atoms with E-state index in [9.17, 15) is 4.79 Å². The molecule has 2 aromatic carbocycles. The van der Waals surface area contributed by atoms with Crippen molar-refractivity contribution in [2.24, 2.45) is 0 Å². The number of carbonyl (C=O) groups is 1. The van der Waals surface area contributed by atoms with E-state index < -0.39 is 0 Å². The lowest BCUT2D eigenvalue weighted by atomic mass is 10.1. The zero-order chi connectivity index (χ0) is 20.3. The molecular formula is C19H20N2O6S. The second-order valence-electron chi connectivity index (χ2n) is 5.56. The third-order valence-electron chi connectivity index (χ3n) is 4.04. The Morgan fingerprint density at radius 2 is 1.50 bits per heavy atom. The van der Waals surface area contributed by atoms with Crippen molar-refractivity contribution >= 4 is 32.6 Å². The third-order valence-corrected chi connectivity index (χ3v) is 4.95. The first-order valence-corrected chi connectivity index (χ1v) is 9.00. The zero-order valence-electron chi connectivity index (χ0n) is 16.1. The van der Waals surface area contributed by atoms with Gasteiger partial charge < -0.3 is 23.7 Å². The number of ether oxygens (including phenoxy) is 5. The van der Waals surface area contributed by atoms with Crippen molar-refractivity contribution in [3.05, 3.63) is 29.8 Å². The minimum absolute atomic E-state index is 0.346. The highest BCUT2D eigenvalue weighted by atomic mass is 32.1. The number of amides is 1. The number of hydrogen-bond donors (Lipinski definition) is 1. The molecule has 0 fully saturated rings. The molecule has 0 atom stereocenters. The highest BCUT2D eigenvalue weighted by Crippen LogP contribution is 2.39. The van der Waals surface area contributed by atoms with Gasteiger partial charge in [-0.05, 0) is 18.2 Å². The number of hydrogen-bond acceptors (Lipinski definition) is 8. The van der Waals surface area contributed by atoms with E-state index in [1.165, 1.54) is 32.7 Å². The number of rotatable bonds is 7. The monoisotopic (exact) mass is 404 g/mol. The van der Waals surface area contributed by atoms with Crippen molar-refractivity contribution in [2.75, 3.05) is 40.9 Å². The maximum Gasteiger partial charge on any atom is 0.257 e. The summed E-state index contributed by atoms with van der Waals surface area (Å²) in [6.45, 7) is 0. The van der Waals surface area contributed by atoms with Crippen molar-refractivity contribution < 1.29 is 28.5 Å². The summed E-state index contributed by atoms with van der Waals surface area (Å²) in [5, 5.41) is 3.23. The molecular weight excluding hydrogens is 384 g/mol. The Labute approximate surface area is 165 Å². The van der Waals surface area contributed by atoms with E-state index in [1.54, 1.807) is 32.4 Å². The van der Waals surface area contributed by atoms with Gasteiger partial charge in [0.25, 0.3) is 5.91 Å².